The SMILES string of the molecule is Cc1csc(/C(=N\N)NCc2ccccc2)c1N. The van der Waals surface area contributed by atoms with E-state index in [0.29, 0.717) is 12.4 Å². The van der Waals surface area contributed by atoms with Crippen LogP contribution in [0.15, 0.2) is 40.8 Å². The van der Waals surface area contributed by atoms with Crippen molar-refractivity contribution in [3.63, 3.8) is 0 Å². The number of hydrogen-bond acceptors (Lipinski definition) is 4. The van der Waals surface area contributed by atoms with Gasteiger partial charge in [-0.25, -0.2) is 0 Å². The zero-order valence-corrected chi connectivity index (χ0v) is 11.0. The molecule has 0 aliphatic carbocycles. The van der Waals surface area contributed by atoms with E-state index >= 15 is 0 Å². The van der Waals surface area contributed by atoms with E-state index in [9.17, 15) is 0 Å². The normalized spacial score (nSPS) is 11.5. The van der Waals surface area contributed by atoms with Gasteiger partial charge in [-0.2, -0.15) is 5.10 Å². The van der Waals surface area contributed by atoms with Crippen molar-refractivity contribution in [2.75, 3.05) is 5.73 Å². The molecule has 0 amide bonds. The fourth-order valence-corrected chi connectivity index (χ4v) is 2.55. The second-order valence-electron chi connectivity index (χ2n) is 3.98. The molecule has 94 valence electrons. The number of nitrogens with one attached hydrogen (secondary N) is 1. The molecule has 1 heterocycles. The Hall–Kier alpha value is -2.01. The Labute approximate surface area is 110 Å². The average Bonchev–Trinajstić information content (AvgIpc) is 2.73. The zero-order valence-electron chi connectivity index (χ0n) is 10.2. The molecular weight excluding hydrogens is 244 g/mol. The monoisotopic (exact) mass is 260 g/mol. The number of amidine groups is 1. The highest BCUT2D eigenvalue weighted by Gasteiger charge is 2.11. The van der Waals surface area contributed by atoms with Crippen molar-refractivity contribution >= 4 is 22.9 Å². The molecule has 2 rings (SSSR count). The summed E-state index contributed by atoms with van der Waals surface area (Å²) < 4.78 is 0. The molecule has 0 radical (unpaired) electrons. The van der Waals surface area contributed by atoms with Crippen LogP contribution in [0.2, 0.25) is 0 Å². The van der Waals surface area contributed by atoms with Crippen molar-refractivity contribution in [3.8, 4) is 0 Å². The number of thiophene rings is 1. The summed E-state index contributed by atoms with van der Waals surface area (Å²) in [4.78, 5) is 0.894. The molecule has 0 saturated carbocycles. The van der Waals surface area contributed by atoms with Crippen LogP contribution in [0, 0.1) is 6.92 Å². The van der Waals surface area contributed by atoms with Gasteiger partial charge in [0.2, 0.25) is 0 Å². The molecule has 0 spiro atoms. The van der Waals surface area contributed by atoms with E-state index in [4.69, 9.17) is 11.6 Å². The van der Waals surface area contributed by atoms with E-state index < -0.39 is 0 Å². The number of nitrogens with zero attached hydrogens (tertiary/aromatic N) is 1. The van der Waals surface area contributed by atoms with Gasteiger partial charge in [0.05, 0.1) is 10.6 Å². The number of hydrazone groups is 1. The lowest BCUT2D eigenvalue weighted by Gasteiger charge is -2.08. The van der Waals surface area contributed by atoms with E-state index in [1.165, 1.54) is 5.56 Å². The molecule has 18 heavy (non-hydrogen) atoms. The van der Waals surface area contributed by atoms with Crippen LogP contribution in [0.5, 0.6) is 0 Å². The van der Waals surface area contributed by atoms with E-state index in [1.807, 2.05) is 42.6 Å². The van der Waals surface area contributed by atoms with Crippen LogP contribution in [-0.2, 0) is 6.54 Å². The molecule has 4 nitrogen and oxygen atoms in total. The van der Waals surface area contributed by atoms with E-state index in [0.717, 1.165) is 16.1 Å². The van der Waals surface area contributed by atoms with E-state index in [-0.39, 0.29) is 0 Å². The topological polar surface area (TPSA) is 76.4 Å². The van der Waals surface area contributed by atoms with Gasteiger partial charge in [0, 0.05) is 6.54 Å². The van der Waals surface area contributed by atoms with Gasteiger partial charge in [-0.3, -0.25) is 0 Å². The van der Waals surface area contributed by atoms with Crippen LogP contribution in [-0.4, -0.2) is 5.84 Å². The van der Waals surface area contributed by atoms with Crippen LogP contribution < -0.4 is 16.9 Å². The molecule has 5 heteroatoms. The quantitative estimate of drug-likeness (QED) is 0.342. The second-order valence-corrected chi connectivity index (χ2v) is 4.86. The summed E-state index contributed by atoms with van der Waals surface area (Å²) >= 11 is 1.55. The summed E-state index contributed by atoms with van der Waals surface area (Å²) in [6, 6.07) is 10.1. The third kappa shape index (κ3) is 2.62. The Morgan fingerprint density at radius 2 is 2.06 bits per heavy atom. The van der Waals surface area contributed by atoms with Crippen molar-refractivity contribution in [2.24, 2.45) is 10.9 Å². The van der Waals surface area contributed by atoms with Crippen LogP contribution in [0.3, 0.4) is 0 Å². The first kappa shape index (κ1) is 12.4. The minimum Gasteiger partial charge on any atom is -0.397 e. The molecule has 1 aromatic carbocycles. The highest BCUT2D eigenvalue weighted by atomic mass is 32.1. The van der Waals surface area contributed by atoms with E-state index in [1.54, 1.807) is 11.3 Å². The summed E-state index contributed by atoms with van der Waals surface area (Å²) in [5.41, 5.74) is 8.95. The van der Waals surface area contributed by atoms with Gasteiger partial charge in [0.25, 0.3) is 0 Å². The number of hydrogen-bond donors (Lipinski definition) is 3. The van der Waals surface area contributed by atoms with Gasteiger partial charge in [-0.1, -0.05) is 30.3 Å². The van der Waals surface area contributed by atoms with Crippen molar-refractivity contribution in [1.29, 1.82) is 0 Å². The third-order valence-electron chi connectivity index (χ3n) is 2.67. The Bertz CT molecular complexity index is 545. The lowest BCUT2D eigenvalue weighted by molar-refractivity contribution is 0.908. The summed E-state index contributed by atoms with van der Waals surface area (Å²) in [5, 5.41) is 9.00. The molecule has 0 atom stereocenters. The maximum atomic E-state index is 5.98. The third-order valence-corrected chi connectivity index (χ3v) is 3.79. The molecule has 0 aliphatic rings. The van der Waals surface area contributed by atoms with E-state index in [2.05, 4.69) is 10.4 Å². The van der Waals surface area contributed by atoms with Crippen molar-refractivity contribution in [1.82, 2.24) is 5.32 Å². The molecule has 0 aliphatic heterocycles. The van der Waals surface area contributed by atoms with Gasteiger partial charge < -0.3 is 16.9 Å². The highest BCUT2D eigenvalue weighted by molar-refractivity contribution is 7.13. The number of nitrogen functional groups attached to an aromatic ring is 1. The Balaban J connectivity index is 2.10. The van der Waals surface area contributed by atoms with Gasteiger partial charge in [0.1, 0.15) is 0 Å². The first-order valence-corrected chi connectivity index (χ1v) is 6.50. The predicted molar refractivity (Wildman–Crippen MR) is 77.5 cm³/mol. The fraction of sp³-hybridized carbons (Fsp3) is 0.154. The van der Waals surface area contributed by atoms with Crippen LogP contribution in [0.4, 0.5) is 5.69 Å². The number of benzene rings is 1. The number of nitrogens with two attached hydrogens (primary N) is 2. The Kier molecular flexibility index (Phi) is 3.84. The smallest absolute Gasteiger partial charge is 0.165 e. The average molecular weight is 260 g/mol. The molecule has 0 fully saturated rings. The molecule has 1 aromatic heterocycles. The first-order valence-electron chi connectivity index (χ1n) is 5.62. The van der Waals surface area contributed by atoms with Crippen LogP contribution >= 0.6 is 11.3 Å². The van der Waals surface area contributed by atoms with Gasteiger partial charge in [-0.15, -0.1) is 11.3 Å². The van der Waals surface area contributed by atoms with Gasteiger partial charge >= 0.3 is 0 Å². The summed E-state index contributed by atoms with van der Waals surface area (Å²) in [6.45, 7) is 2.65. The molecular formula is C13H16N4S. The van der Waals surface area contributed by atoms with Crippen molar-refractivity contribution < 1.29 is 0 Å². The summed E-state index contributed by atoms with van der Waals surface area (Å²) in [5.74, 6) is 6.06. The minimum absolute atomic E-state index is 0.634. The van der Waals surface area contributed by atoms with Gasteiger partial charge in [0.15, 0.2) is 5.84 Å². The summed E-state index contributed by atoms with van der Waals surface area (Å²) in [7, 11) is 0. The Morgan fingerprint density at radius 1 is 1.33 bits per heavy atom. The number of rotatable bonds is 3. The number of aryl methyl sites for hydroxylation is 1. The second kappa shape index (κ2) is 5.55. The van der Waals surface area contributed by atoms with Gasteiger partial charge in [-0.05, 0) is 23.4 Å². The standard InChI is InChI=1S/C13H16N4S/c1-9-8-18-12(11(9)14)13(17-15)16-7-10-5-3-2-4-6-10/h2-6,8H,7,14-15H2,1H3,(H,16,17). The molecule has 0 saturated heterocycles. The first-order chi connectivity index (χ1) is 8.72. The number of anilines is 1. The largest absolute Gasteiger partial charge is 0.397 e. The maximum absolute atomic E-state index is 5.98. The molecule has 0 bridgehead atoms. The maximum Gasteiger partial charge on any atom is 0.165 e. The molecule has 0 unspecified atom stereocenters. The predicted octanol–water partition coefficient (Wildman–Crippen LogP) is 2.05. The molecule has 5 N–H and O–H groups in total. The Morgan fingerprint density at radius 3 is 2.61 bits per heavy atom. The lowest BCUT2D eigenvalue weighted by atomic mass is 10.2. The summed E-state index contributed by atoms with van der Waals surface area (Å²) in [6.07, 6.45) is 0. The lowest BCUT2D eigenvalue weighted by Crippen LogP contribution is -2.25. The molecule has 2 aromatic rings. The van der Waals surface area contributed by atoms with Crippen LogP contribution in [0.1, 0.15) is 16.0 Å². The minimum atomic E-state index is 0.634. The van der Waals surface area contributed by atoms with Crippen LogP contribution in [0.25, 0.3) is 0 Å². The highest BCUT2D eigenvalue weighted by Crippen LogP contribution is 2.24. The van der Waals surface area contributed by atoms with Crippen molar-refractivity contribution in [2.45, 2.75) is 13.5 Å². The van der Waals surface area contributed by atoms with Crippen molar-refractivity contribution in [3.05, 3.63) is 51.7 Å². The zero-order chi connectivity index (χ0) is 13.0. The fourth-order valence-electron chi connectivity index (χ4n) is 1.60.